The molecule has 108 valence electrons. The SMILES string of the molecule is C[Si](C)(C)c1cc2c(s1)C(N)=NC(c1cccs1)C2.Cl. The summed E-state index contributed by atoms with van der Waals surface area (Å²) in [7, 11) is -1.26. The molecule has 2 aromatic heterocycles. The standard InChI is InChI=1S/C14H18N2S2Si.ClH/c1-19(2,3)12-8-9-7-10(11-5-4-6-17-11)16-14(15)13(9)18-12;/h4-6,8,10H,7H2,1-3H3,(H2,15,16);1H. The first kappa shape index (κ1) is 15.8. The zero-order valence-electron chi connectivity index (χ0n) is 11.8. The third kappa shape index (κ3) is 2.86. The fourth-order valence-electron chi connectivity index (χ4n) is 2.29. The molecule has 0 amide bonds. The molecule has 0 saturated heterocycles. The number of rotatable bonds is 2. The van der Waals surface area contributed by atoms with Crippen LogP contribution in [0.3, 0.4) is 0 Å². The molecule has 0 spiro atoms. The summed E-state index contributed by atoms with van der Waals surface area (Å²) in [6, 6.07) is 6.84. The van der Waals surface area contributed by atoms with Crippen molar-refractivity contribution in [3.8, 4) is 0 Å². The molecule has 0 aromatic carbocycles. The molecule has 3 rings (SSSR count). The fraction of sp³-hybridized carbons (Fsp3) is 0.357. The highest BCUT2D eigenvalue weighted by atomic mass is 35.5. The summed E-state index contributed by atoms with van der Waals surface area (Å²) in [6.45, 7) is 7.15. The maximum Gasteiger partial charge on any atom is 0.136 e. The number of thiophene rings is 2. The lowest BCUT2D eigenvalue weighted by Gasteiger charge is -2.17. The Morgan fingerprint density at radius 2 is 2.10 bits per heavy atom. The van der Waals surface area contributed by atoms with Gasteiger partial charge in [-0.15, -0.1) is 35.1 Å². The van der Waals surface area contributed by atoms with Crippen molar-refractivity contribution in [2.45, 2.75) is 32.1 Å². The molecule has 6 heteroatoms. The first-order valence-corrected chi connectivity index (χ1v) is 11.6. The average molecular weight is 343 g/mol. The van der Waals surface area contributed by atoms with Crippen LogP contribution in [0.15, 0.2) is 28.6 Å². The molecule has 2 aromatic rings. The molecular weight excluding hydrogens is 324 g/mol. The van der Waals surface area contributed by atoms with Gasteiger partial charge in [0.05, 0.1) is 19.0 Å². The van der Waals surface area contributed by atoms with Crippen LogP contribution in [0.1, 0.15) is 21.4 Å². The number of nitrogens with two attached hydrogens (primary N) is 1. The van der Waals surface area contributed by atoms with E-state index in [0.29, 0.717) is 0 Å². The van der Waals surface area contributed by atoms with Crippen LogP contribution >= 0.6 is 35.1 Å². The second-order valence-electron chi connectivity index (χ2n) is 5.96. The van der Waals surface area contributed by atoms with Crippen molar-refractivity contribution in [1.29, 1.82) is 0 Å². The highest BCUT2D eigenvalue weighted by Crippen LogP contribution is 2.33. The van der Waals surface area contributed by atoms with Gasteiger partial charge < -0.3 is 5.73 Å². The van der Waals surface area contributed by atoms with Crippen LogP contribution in [0.4, 0.5) is 0 Å². The third-order valence-electron chi connectivity index (χ3n) is 3.36. The molecule has 0 radical (unpaired) electrons. The Kier molecular flexibility index (Phi) is 4.44. The number of halogens is 1. The normalized spacial score (nSPS) is 18.1. The Morgan fingerprint density at radius 1 is 1.35 bits per heavy atom. The first-order chi connectivity index (χ1) is 8.95. The van der Waals surface area contributed by atoms with Gasteiger partial charge >= 0.3 is 0 Å². The van der Waals surface area contributed by atoms with Crippen LogP contribution in [0, 0.1) is 0 Å². The summed E-state index contributed by atoms with van der Waals surface area (Å²) in [4.78, 5) is 7.22. The number of amidine groups is 1. The lowest BCUT2D eigenvalue weighted by Crippen LogP contribution is -2.34. The summed E-state index contributed by atoms with van der Waals surface area (Å²) in [6.07, 6.45) is 0.998. The first-order valence-electron chi connectivity index (χ1n) is 6.45. The second-order valence-corrected chi connectivity index (χ2v) is 13.4. The van der Waals surface area contributed by atoms with E-state index in [4.69, 9.17) is 10.7 Å². The molecule has 0 aliphatic carbocycles. The van der Waals surface area contributed by atoms with E-state index in [1.165, 1.54) is 19.8 Å². The van der Waals surface area contributed by atoms with Gasteiger partial charge in [0.1, 0.15) is 5.84 Å². The van der Waals surface area contributed by atoms with Gasteiger partial charge in [-0.25, -0.2) is 0 Å². The predicted octanol–water partition coefficient (Wildman–Crippen LogP) is 3.78. The van der Waals surface area contributed by atoms with Crippen LogP contribution < -0.4 is 10.2 Å². The highest BCUT2D eigenvalue weighted by molar-refractivity contribution is 7.27. The molecule has 0 fully saturated rings. The maximum atomic E-state index is 6.18. The van der Waals surface area contributed by atoms with Gasteiger partial charge in [-0.1, -0.05) is 25.7 Å². The molecule has 2 N–H and O–H groups in total. The van der Waals surface area contributed by atoms with E-state index < -0.39 is 8.07 Å². The van der Waals surface area contributed by atoms with Crippen molar-refractivity contribution in [2.75, 3.05) is 0 Å². The minimum absolute atomic E-state index is 0. The van der Waals surface area contributed by atoms with E-state index in [0.717, 1.165) is 12.3 Å². The monoisotopic (exact) mass is 342 g/mol. The summed E-state index contributed by atoms with van der Waals surface area (Å²) < 4.78 is 1.53. The minimum atomic E-state index is -1.26. The zero-order chi connectivity index (χ0) is 13.6. The summed E-state index contributed by atoms with van der Waals surface area (Å²) in [5.41, 5.74) is 7.58. The van der Waals surface area contributed by atoms with Crippen LogP contribution in [-0.4, -0.2) is 13.9 Å². The topological polar surface area (TPSA) is 38.4 Å². The Morgan fingerprint density at radius 3 is 2.70 bits per heavy atom. The second kappa shape index (κ2) is 5.64. The van der Waals surface area contributed by atoms with Crippen molar-refractivity contribution in [3.63, 3.8) is 0 Å². The number of hydrogen-bond acceptors (Lipinski definition) is 4. The molecule has 1 atom stereocenters. The fourth-order valence-corrected chi connectivity index (χ4v) is 6.05. The van der Waals surface area contributed by atoms with Crippen molar-refractivity contribution >= 4 is 53.5 Å². The molecule has 3 heterocycles. The molecule has 1 aliphatic rings. The van der Waals surface area contributed by atoms with Crippen LogP contribution in [-0.2, 0) is 6.42 Å². The smallest absolute Gasteiger partial charge is 0.136 e. The van der Waals surface area contributed by atoms with Gasteiger partial charge in [0.2, 0.25) is 0 Å². The van der Waals surface area contributed by atoms with Gasteiger partial charge in [0, 0.05) is 11.3 Å². The number of hydrogen-bond donors (Lipinski definition) is 1. The van der Waals surface area contributed by atoms with Gasteiger partial charge in [0.25, 0.3) is 0 Å². The van der Waals surface area contributed by atoms with Crippen LogP contribution in [0.25, 0.3) is 0 Å². The van der Waals surface area contributed by atoms with E-state index in [-0.39, 0.29) is 18.4 Å². The summed E-state index contributed by atoms with van der Waals surface area (Å²) in [5.74, 6) is 0.731. The molecule has 0 bridgehead atoms. The van der Waals surface area contributed by atoms with Crippen molar-refractivity contribution in [2.24, 2.45) is 10.7 Å². The third-order valence-corrected chi connectivity index (χ3v) is 9.11. The quantitative estimate of drug-likeness (QED) is 0.829. The van der Waals surface area contributed by atoms with Gasteiger partial charge in [0.15, 0.2) is 0 Å². The molecular formula is C14H19ClN2S2Si. The van der Waals surface area contributed by atoms with E-state index in [2.05, 4.69) is 43.2 Å². The van der Waals surface area contributed by atoms with E-state index in [1.807, 2.05) is 11.3 Å². The lowest BCUT2D eigenvalue weighted by molar-refractivity contribution is 0.727. The van der Waals surface area contributed by atoms with Crippen LogP contribution in [0.5, 0.6) is 0 Å². The molecule has 1 unspecified atom stereocenters. The van der Waals surface area contributed by atoms with Crippen molar-refractivity contribution in [1.82, 2.24) is 0 Å². The van der Waals surface area contributed by atoms with Gasteiger partial charge in [-0.05, 0) is 27.6 Å². The Balaban J connectivity index is 0.00000147. The number of nitrogens with zero attached hydrogens (tertiary/aromatic N) is 1. The van der Waals surface area contributed by atoms with Crippen LogP contribution in [0.2, 0.25) is 19.6 Å². The molecule has 2 nitrogen and oxygen atoms in total. The molecule has 0 saturated carbocycles. The predicted molar refractivity (Wildman–Crippen MR) is 96.0 cm³/mol. The Bertz CT molecular complexity index is 626. The van der Waals surface area contributed by atoms with E-state index >= 15 is 0 Å². The highest BCUT2D eigenvalue weighted by Gasteiger charge is 2.27. The maximum absolute atomic E-state index is 6.18. The van der Waals surface area contributed by atoms with E-state index in [9.17, 15) is 0 Å². The lowest BCUT2D eigenvalue weighted by atomic mass is 10.0. The Hall–Kier alpha value is -0.623. The van der Waals surface area contributed by atoms with Crippen molar-refractivity contribution < 1.29 is 0 Å². The summed E-state index contributed by atoms with van der Waals surface area (Å²) >= 11 is 3.63. The number of aliphatic imine (C=N–C) groups is 1. The van der Waals surface area contributed by atoms with Gasteiger partial charge in [-0.2, -0.15) is 0 Å². The van der Waals surface area contributed by atoms with E-state index in [1.54, 1.807) is 11.3 Å². The number of fused-ring (bicyclic) bond motifs is 1. The molecule has 1 aliphatic heterocycles. The average Bonchev–Trinajstić information content (AvgIpc) is 2.96. The zero-order valence-corrected chi connectivity index (χ0v) is 15.3. The largest absolute Gasteiger partial charge is 0.383 e. The minimum Gasteiger partial charge on any atom is -0.383 e. The molecule has 20 heavy (non-hydrogen) atoms. The summed E-state index contributed by atoms with van der Waals surface area (Å²) in [5, 5.41) is 2.11. The van der Waals surface area contributed by atoms with Crippen molar-refractivity contribution in [3.05, 3.63) is 38.9 Å². The Labute approximate surface area is 135 Å². The van der Waals surface area contributed by atoms with Gasteiger partial charge in [-0.3, -0.25) is 4.99 Å².